The summed E-state index contributed by atoms with van der Waals surface area (Å²) in [5.74, 6) is 2.04. The van der Waals surface area contributed by atoms with Crippen molar-refractivity contribution in [2.45, 2.75) is 31.2 Å². The molecule has 0 spiro atoms. The van der Waals surface area contributed by atoms with Gasteiger partial charge in [-0.2, -0.15) is 16.1 Å². The number of hydrogen-bond acceptors (Lipinski definition) is 6. The van der Waals surface area contributed by atoms with Crippen LogP contribution >= 0.6 is 11.8 Å². The van der Waals surface area contributed by atoms with Crippen molar-refractivity contribution < 1.29 is 17.9 Å². The average Bonchev–Trinajstić information content (AvgIpc) is 2.88. The number of nitrogens with one attached hydrogen (secondary N) is 1. The van der Waals surface area contributed by atoms with Crippen LogP contribution in [-0.4, -0.2) is 80.5 Å². The van der Waals surface area contributed by atoms with Gasteiger partial charge in [0, 0.05) is 37.1 Å². The molecule has 1 aromatic rings. The summed E-state index contributed by atoms with van der Waals surface area (Å²) in [5.41, 5.74) is 1.18. The Morgan fingerprint density at radius 1 is 1.25 bits per heavy atom. The van der Waals surface area contributed by atoms with E-state index in [1.54, 1.807) is 25.1 Å². The fourth-order valence-corrected chi connectivity index (χ4v) is 6.18. The van der Waals surface area contributed by atoms with Gasteiger partial charge in [-0.05, 0) is 43.7 Å². The molecule has 0 aliphatic carbocycles. The number of benzene rings is 1. The predicted octanol–water partition coefficient (Wildman–Crippen LogP) is 1.78. The number of hydrogen-bond donors (Lipinski definition) is 1. The first-order valence-electron chi connectivity index (χ1n) is 9.68. The Hall–Kier alpha value is -1.13. The number of ether oxygens (including phenoxy) is 1. The SMILES string of the molecule is Cc1ccc(NC(=O)CN2CCSCC[C@@H]2C)cc1S(=O)(=O)N1CCOCC1. The molecule has 1 N–H and O–H groups in total. The molecule has 0 bridgehead atoms. The predicted molar refractivity (Wildman–Crippen MR) is 112 cm³/mol. The fraction of sp³-hybridized carbons (Fsp3) is 0.632. The maximum Gasteiger partial charge on any atom is 0.243 e. The van der Waals surface area contributed by atoms with Crippen LogP contribution < -0.4 is 5.32 Å². The summed E-state index contributed by atoms with van der Waals surface area (Å²) < 4.78 is 32.7. The minimum atomic E-state index is -3.60. The van der Waals surface area contributed by atoms with Crippen LogP contribution in [0.25, 0.3) is 0 Å². The van der Waals surface area contributed by atoms with Crippen molar-refractivity contribution >= 4 is 33.4 Å². The van der Waals surface area contributed by atoms with Gasteiger partial charge in [-0.25, -0.2) is 8.42 Å². The maximum absolute atomic E-state index is 13.0. The second kappa shape index (κ2) is 9.58. The van der Waals surface area contributed by atoms with Crippen molar-refractivity contribution in [2.75, 3.05) is 56.2 Å². The lowest BCUT2D eigenvalue weighted by Gasteiger charge is -2.27. The molecule has 1 amide bonds. The summed E-state index contributed by atoms with van der Waals surface area (Å²) in [6.45, 7) is 6.65. The van der Waals surface area contributed by atoms with E-state index in [2.05, 4.69) is 17.1 Å². The Balaban J connectivity index is 1.71. The molecule has 2 aliphatic heterocycles. The van der Waals surface area contributed by atoms with E-state index in [1.165, 1.54) is 4.31 Å². The number of anilines is 1. The van der Waals surface area contributed by atoms with E-state index < -0.39 is 10.0 Å². The molecule has 156 valence electrons. The van der Waals surface area contributed by atoms with Crippen LogP contribution in [0.3, 0.4) is 0 Å². The van der Waals surface area contributed by atoms with Crippen LogP contribution in [0.15, 0.2) is 23.1 Å². The van der Waals surface area contributed by atoms with Gasteiger partial charge < -0.3 is 10.1 Å². The molecule has 2 heterocycles. The van der Waals surface area contributed by atoms with Gasteiger partial charge in [-0.15, -0.1) is 0 Å². The number of amides is 1. The summed E-state index contributed by atoms with van der Waals surface area (Å²) in [5, 5.41) is 2.88. The zero-order valence-corrected chi connectivity index (χ0v) is 18.2. The molecular weight excluding hydrogens is 398 g/mol. The molecular formula is C19H29N3O4S2. The quantitative estimate of drug-likeness (QED) is 0.772. The lowest BCUT2D eigenvalue weighted by molar-refractivity contribution is -0.117. The third kappa shape index (κ3) is 5.27. The van der Waals surface area contributed by atoms with E-state index in [4.69, 9.17) is 4.74 Å². The second-order valence-electron chi connectivity index (χ2n) is 7.27. The van der Waals surface area contributed by atoms with Gasteiger partial charge in [0.2, 0.25) is 15.9 Å². The molecule has 2 aliphatic rings. The third-order valence-corrected chi connectivity index (χ3v) is 8.27. The van der Waals surface area contributed by atoms with E-state index in [9.17, 15) is 13.2 Å². The number of aryl methyl sites for hydroxylation is 1. The first-order chi connectivity index (χ1) is 13.4. The zero-order valence-electron chi connectivity index (χ0n) is 16.5. The maximum atomic E-state index is 13.0. The smallest absolute Gasteiger partial charge is 0.243 e. The molecule has 28 heavy (non-hydrogen) atoms. The summed E-state index contributed by atoms with van der Waals surface area (Å²) in [6, 6.07) is 5.44. The minimum absolute atomic E-state index is 0.114. The van der Waals surface area contributed by atoms with Crippen LogP contribution in [0.1, 0.15) is 18.9 Å². The molecule has 9 heteroatoms. The highest BCUT2D eigenvalue weighted by Gasteiger charge is 2.28. The van der Waals surface area contributed by atoms with Crippen LogP contribution in [0.5, 0.6) is 0 Å². The number of carbonyl (C=O) groups excluding carboxylic acids is 1. The molecule has 2 fully saturated rings. The van der Waals surface area contributed by atoms with Gasteiger partial charge in [0.1, 0.15) is 0 Å². The first-order valence-corrected chi connectivity index (χ1v) is 12.3. The van der Waals surface area contributed by atoms with Crippen molar-refractivity contribution in [2.24, 2.45) is 0 Å². The molecule has 0 aromatic heterocycles. The first kappa shape index (κ1) is 21.6. The van der Waals surface area contributed by atoms with E-state index in [0.717, 1.165) is 24.5 Å². The van der Waals surface area contributed by atoms with E-state index in [-0.39, 0.29) is 10.8 Å². The third-order valence-electron chi connectivity index (χ3n) is 5.23. The molecule has 2 saturated heterocycles. The van der Waals surface area contributed by atoms with Gasteiger partial charge in [0.15, 0.2) is 0 Å². The summed E-state index contributed by atoms with van der Waals surface area (Å²) in [7, 11) is -3.60. The molecule has 1 atom stereocenters. The number of morpholine rings is 1. The van der Waals surface area contributed by atoms with Crippen molar-refractivity contribution in [3.8, 4) is 0 Å². The summed E-state index contributed by atoms with van der Waals surface area (Å²) in [6.07, 6.45) is 1.07. The lowest BCUT2D eigenvalue weighted by atomic mass is 10.2. The van der Waals surface area contributed by atoms with E-state index >= 15 is 0 Å². The molecule has 1 aromatic carbocycles. The molecule has 7 nitrogen and oxygen atoms in total. The van der Waals surface area contributed by atoms with E-state index in [0.29, 0.717) is 50.1 Å². The van der Waals surface area contributed by atoms with Crippen LogP contribution in [0, 0.1) is 6.92 Å². The largest absolute Gasteiger partial charge is 0.379 e. The average molecular weight is 428 g/mol. The summed E-state index contributed by atoms with van der Waals surface area (Å²) in [4.78, 5) is 15.0. The van der Waals surface area contributed by atoms with Gasteiger partial charge in [0.25, 0.3) is 0 Å². The highest BCUT2D eigenvalue weighted by atomic mass is 32.2. The van der Waals surface area contributed by atoms with Crippen molar-refractivity contribution in [1.29, 1.82) is 0 Å². The number of carbonyl (C=O) groups is 1. The number of rotatable bonds is 5. The van der Waals surface area contributed by atoms with Crippen LogP contribution in [0.2, 0.25) is 0 Å². The topological polar surface area (TPSA) is 79.0 Å². The number of sulfonamides is 1. The van der Waals surface area contributed by atoms with Gasteiger partial charge >= 0.3 is 0 Å². The van der Waals surface area contributed by atoms with Crippen molar-refractivity contribution in [3.05, 3.63) is 23.8 Å². The Kier molecular flexibility index (Phi) is 7.38. The summed E-state index contributed by atoms with van der Waals surface area (Å²) >= 11 is 1.92. The van der Waals surface area contributed by atoms with Crippen LogP contribution in [0.4, 0.5) is 5.69 Å². The van der Waals surface area contributed by atoms with Crippen molar-refractivity contribution in [1.82, 2.24) is 9.21 Å². The number of nitrogens with zero attached hydrogens (tertiary/aromatic N) is 2. The molecule has 0 radical (unpaired) electrons. The Bertz CT molecular complexity index is 794. The lowest BCUT2D eigenvalue weighted by Crippen LogP contribution is -2.41. The Morgan fingerprint density at radius 3 is 2.75 bits per heavy atom. The highest BCUT2D eigenvalue weighted by Crippen LogP contribution is 2.24. The Morgan fingerprint density at radius 2 is 2.00 bits per heavy atom. The van der Waals surface area contributed by atoms with Gasteiger partial charge in [0.05, 0.1) is 24.7 Å². The standard InChI is InChI=1S/C19H29N3O4S2/c1-15-3-4-17(13-18(15)28(24,25)22-6-9-26-10-7-22)20-19(23)14-21-8-12-27-11-5-16(21)2/h3-4,13,16H,5-12,14H2,1-2H3,(H,20,23)/t16-/m0/s1. The molecule has 3 rings (SSSR count). The Labute approximate surface area is 171 Å². The van der Waals surface area contributed by atoms with E-state index in [1.807, 2.05) is 11.8 Å². The normalized spacial score (nSPS) is 22.6. The number of thioether (sulfide) groups is 1. The van der Waals surface area contributed by atoms with Gasteiger partial charge in [-0.1, -0.05) is 6.07 Å². The monoisotopic (exact) mass is 427 g/mol. The second-order valence-corrected chi connectivity index (χ2v) is 10.4. The molecule has 0 unspecified atom stereocenters. The van der Waals surface area contributed by atoms with Gasteiger partial charge in [-0.3, -0.25) is 9.69 Å². The minimum Gasteiger partial charge on any atom is -0.379 e. The molecule has 0 saturated carbocycles. The van der Waals surface area contributed by atoms with Crippen molar-refractivity contribution in [3.63, 3.8) is 0 Å². The zero-order chi connectivity index (χ0) is 20.1. The highest BCUT2D eigenvalue weighted by molar-refractivity contribution is 7.99. The fourth-order valence-electron chi connectivity index (χ4n) is 3.44. The van der Waals surface area contributed by atoms with Crippen LogP contribution in [-0.2, 0) is 19.6 Å².